The van der Waals surface area contributed by atoms with E-state index in [1.54, 1.807) is 16.8 Å². The molecule has 3 aromatic carbocycles. The third kappa shape index (κ3) is 3.78. The molecule has 0 aliphatic carbocycles. The monoisotopic (exact) mass is 431 g/mol. The number of para-hydroxylation sites is 1. The van der Waals surface area contributed by atoms with Crippen LogP contribution in [0.15, 0.2) is 113 Å². The lowest BCUT2D eigenvalue weighted by molar-refractivity contribution is 0.669. The van der Waals surface area contributed by atoms with Gasteiger partial charge in [0, 0.05) is 27.6 Å². The molecule has 1 N–H and O–H groups in total. The molecule has 0 atom stereocenters. The van der Waals surface area contributed by atoms with Gasteiger partial charge in [-0.2, -0.15) is 0 Å². The number of allylic oxidation sites excluding steroid dienone is 1. The second-order valence-corrected chi connectivity index (χ2v) is 7.60. The molecule has 5 aromatic rings. The number of hydrogen-bond donors (Lipinski definition) is 1. The van der Waals surface area contributed by atoms with Crippen molar-refractivity contribution in [3.05, 3.63) is 120 Å². The number of fused-ring (bicyclic) bond motifs is 3. The van der Waals surface area contributed by atoms with Crippen LogP contribution >= 0.6 is 0 Å². The summed E-state index contributed by atoms with van der Waals surface area (Å²) >= 11 is 0. The van der Waals surface area contributed by atoms with Gasteiger partial charge in [-0.15, -0.1) is 5.73 Å². The van der Waals surface area contributed by atoms with Gasteiger partial charge in [0.15, 0.2) is 0 Å². The lowest BCUT2D eigenvalue weighted by atomic mass is 10.1. The van der Waals surface area contributed by atoms with Crippen LogP contribution in [0.2, 0.25) is 0 Å². The Labute approximate surface area is 190 Å². The van der Waals surface area contributed by atoms with E-state index in [1.807, 2.05) is 72.8 Å². The predicted octanol–water partition coefficient (Wildman–Crippen LogP) is 6.23. The molecular weight excluding hydrogens is 410 g/mol. The van der Waals surface area contributed by atoms with Gasteiger partial charge in [0.1, 0.15) is 22.7 Å². The van der Waals surface area contributed by atoms with E-state index in [9.17, 15) is 4.79 Å². The predicted molar refractivity (Wildman–Crippen MR) is 134 cm³/mol. The molecule has 5 nitrogen and oxygen atoms in total. The number of hydrogen-bond acceptors (Lipinski definition) is 4. The van der Waals surface area contributed by atoms with Crippen molar-refractivity contribution in [1.29, 1.82) is 0 Å². The first kappa shape index (κ1) is 20.3. The maximum Gasteiger partial charge on any atom is 0.277 e. The summed E-state index contributed by atoms with van der Waals surface area (Å²) < 4.78 is 7.57. The zero-order valence-electron chi connectivity index (χ0n) is 17.9. The molecule has 0 fully saturated rings. The normalized spacial score (nSPS) is 10.8. The van der Waals surface area contributed by atoms with E-state index in [1.165, 1.54) is 0 Å². The minimum atomic E-state index is -0.207. The molecule has 0 aliphatic heterocycles. The molecule has 5 heteroatoms. The minimum Gasteiger partial charge on any atom is -0.456 e. The first-order chi connectivity index (χ1) is 16.2. The number of furan rings is 1. The Morgan fingerprint density at radius 3 is 2.61 bits per heavy atom. The highest BCUT2D eigenvalue weighted by molar-refractivity contribution is 6.05. The van der Waals surface area contributed by atoms with Gasteiger partial charge in [-0.05, 0) is 24.3 Å². The van der Waals surface area contributed by atoms with Crippen LogP contribution in [-0.2, 0) is 6.54 Å². The zero-order valence-corrected chi connectivity index (χ0v) is 17.9. The fourth-order valence-electron chi connectivity index (χ4n) is 3.87. The van der Waals surface area contributed by atoms with Crippen LogP contribution < -0.4 is 10.9 Å². The smallest absolute Gasteiger partial charge is 0.277 e. The molecule has 0 saturated heterocycles. The van der Waals surface area contributed by atoms with Crippen LogP contribution in [0.4, 0.5) is 5.69 Å². The Morgan fingerprint density at radius 2 is 1.79 bits per heavy atom. The average Bonchev–Trinajstić information content (AvgIpc) is 3.23. The SMILES string of the molecule is C=C=CCn1c(-c2ccccc2)ncc(NC(=C)c2ccc3c(c2)oc2ccccc23)c1=O. The molecule has 33 heavy (non-hydrogen) atoms. The van der Waals surface area contributed by atoms with Crippen LogP contribution in [-0.4, -0.2) is 9.55 Å². The quantitative estimate of drug-likeness (QED) is 0.324. The molecule has 160 valence electrons. The van der Waals surface area contributed by atoms with E-state index in [0.29, 0.717) is 23.8 Å². The van der Waals surface area contributed by atoms with Crippen LogP contribution in [0, 0.1) is 0 Å². The molecule has 2 heterocycles. The fraction of sp³-hybridized carbons (Fsp3) is 0.0357. The van der Waals surface area contributed by atoms with Crippen molar-refractivity contribution in [1.82, 2.24) is 9.55 Å². The molecule has 0 radical (unpaired) electrons. The van der Waals surface area contributed by atoms with Gasteiger partial charge < -0.3 is 9.73 Å². The average molecular weight is 431 g/mol. The van der Waals surface area contributed by atoms with Crippen LogP contribution in [0.5, 0.6) is 0 Å². The molecular formula is C28H21N3O2. The molecule has 0 aliphatic rings. The van der Waals surface area contributed by atoms with Gasteiger partial charge in [0.25, 0.3) is 5.56 Å². The summed E-state index contributed by atoms with van der Waals surface area (Å²) in [5.41, 5.74) is 6.71. The standard InChI is InChI=1S/C28H21N3O2/c1-3-4-16-31-27(20-10-6-5-7-11-20)29-18-24(28(31)32)30-19(2)21-14-15-23-22-12-8-9-13-25(22)33-26(23)17-21/h4-15,17-18,30H,1-2,16H2. The lowest BCUT2D eigenvalue weighted by Gasteiger charge is -2.14. The third-order valence-electron chi connectivity index (χ3n) is 5.51. The van der Waals surface area contributed by atoms with Gasteiger partial charge in [-0.1, -0.05) is 67.8 Å². The van der Waals surface area contributed by atoms with E-state index in [2.05, 4.69) is 29.2 Å². The van der Waals surface area contributed by atoms with Crippen molar-refractivity contribution in [2.24, 2.45) is 0 Å². The van der Waals surface area contributed by atoms with E-state index in [4.69, 9.17) is 4.42 Å². The summed E-state index contributed by atoms with van der Waals surface area (Å²) in [6, 6.07) is 23.4. The maximum atomic E-state index is 13.3. The minimum absolute atomic E-state index is 0.207. The highest BCUT2D eigenvalue weighted by atomic mass is 16.3. The maximum absolute atomic E-state index is 13.3. The molecule has 0 saturated carbocycles. The van der Waals surface area contributed by atoms with Crippen LogP contribution in [0.3, 0.4) is 0 Å². The number of benzene rings is 3. The Morgan fingerprint density at radius 1 is 1.03 bits per heavy atom. The highest BCUT2D eigenvalue weighted by Gasteiger charge is 2.13. The zero-order chi connectivity index (χ0) is 22.8. The van der Waals surface area contributed by atoms with Gasteiger partial charge in [0.05, 0.1) is 12.7 Å². The summed E-state index contributed by atoms with van der Waals surface area (Å²) in [6.07, 6.45) is 3.24. The second-order valence-electron chi connectivity index (χ2n) is 7.60. The van der Waals surface area contributed by atoms with Gasteiger partial charge >= 0.3 is 0 Å². The lowest BCUT2D eigenvalue weighted by Crippen LogP contribution is -2.25. The third-order valence-corrected chi connectivity index (χ3v) is 5.51. The van der Waals surface area contributed by atoms with Crippen molar-refractivity contribution >= 4 is 33.3 Å². The molecule has 0 spiro atoms. The van der Waals surface area contributed by atoms with Crippen LogP contribution in [0.25, 0.3) is 39.0 Å². The second kappa shape index (κ2) is 8.50. The largest absolute Gasteiger partial charge is 0.456 e. The number of aromatic nitrogens is 2. The van der Waals surface area contributed by atoms with Gasteiger partial charge in [-0.3, -0.25) is 9.36 Å². The summed E-state index contributed by atoms with van der Waals surface area (Å²) in [6.45, 7) is 8.05. The summed E-state index contributed by atoms with van der Waals surface area (Å²) in [5.74, 6) is 0.576. The Hall–Kier alpha value is -4.60. The van der Waals surface area contributed by atoms with Crippen molar-refractivity contribution in [2.45, 2.75) is 6.54 Å². The molecule has 0 unspecified atom stereocenters. The molecule has 2 aromatic heterocycles. The number of nitrogens with zero attached hydrogens (tertiary/aromatic N) is 2. The van der Waals surface area contributed by atoms with Gasteiger partial charge in [-0.25, -0.2) is 4.98 Å². The topological polar surface area (TPSA) is 60.1 Å². The first-order valence-electron chi connectivity index (χ1n) is 10.5. The first-order valence-corrected chi connectivity index (χ1v) is 10.5. The fourth-order valence-corrected chi connectivity index (χ4v) is 3.87. The molecule has 0 bridgehead atoms. The van der Waals surface area contributed by atoms with Crippen molar-refractivity contribution in [3.8, 4) is 11.4 Å². The summed E-state index contributed by atoms with van der Waals surface area (Å²) in [7, 11) is 0. The molecule has 0 amide bonds. The van der Waals surface area contributed by atoms with E-state index in [0.717, 1.165) is 33.1 Å². The number of anilines is 1. The summed E-state index contributed by atoms with van der Waals surface area (Å²) in [5, 5.41) is 5.24. The van der Waals surface area contributed by atoms with E-state index in [-0.39, 0.29) is 5.56 Å². The number of nitrogens with one attached hydrogen (secondary N) is 1. The Bertz CT molecular complexity index is 1600. The van der Waals surface area contributed by atoms with Gasteiger partial charge in [0.2, 0.25) is 0 Å². The molecule has 5 rings (SSSR count). The van der Waals surface area contributed by atoms with Crippen LogP contribution in [0.1, 0.15) is 5.56 Å². The van der Waals surface area contributed by atoms with E-state index < -0.39 is 0 Å². The van der Waals surface area contributed by atoms with Crippen molar-refractivity contribution in [2.75, 3.05) is 5.32 Å². The van der Waals surface area contributed by atoms with E-state index >= 15 is 0 Å². The number of rotatable bonds is 6. The summed E-state index contributed by atoms with van der Waals surface area (Å²) in [4.78, 5) is 17.9. The van der Waals surface area contributed by atoms with Crippen molar-refractivity contribution < 1.29 is 4.42 Å². The highest BCUT2D eigenvalue weighted by Crippen LogP contribution is 2.30. The van der Waals surface area contributed by atoms with Crippen molar-refractivity contribution in [3.63, 3.8) is 0 Å². The Kier molecular flexibility index (Phi) is 5.23. The Balaban J connectivity index is 1.50.